The lowest BCUT2D eigenvalue weighted by Gasteiger charge is -2.08. The highest BCUT2D eigenvalue weighted by molar-refractivity contribution is 14.1. The molecule has 0 aliphatic rings. The van der Waals surface area contributed by atoms with Gasteiger partial charge >= 0.3 is 0 Å². The Kier molecular flexibility index (Phi) is 5.27. The van der Waals surface area contributed by atoms with E-state index in [0.717, 1.165) is 9.26 Å². The molecule has 1 amide bonds. The van der Waals surface area contributed by atoms with Crippen LogP contribution in [0.5, 0.6) is 0 Å². The Hall–Kier alpha value is -1.78. The summed E-state index contributed by atoms with van der Waals surface area (Å²) in [6.45, 7) is 1.89. The first-order chi connectivity index (χ1) is 11.5. The summed E-state index contributed by atoms with van der Waals surface area (Å²) in [5.74, 6) is 0.367. The molecule has 9 heteroatoms. The van der Waals surface area contributed by atoms with Crippen molar-refractivity contribution in [2.75, 3.05) is 10.6 Å². The third-order valence-electron chi connectivity index (χ3n) is 3.06. The van der Waals surface area contributed by atoms with E-state index < -0.39 is 0 Å². The average molecular weight is 472 g/mol. The van der Waals surface area contributed by atoms with Crippen LogP contribution in [0.15, 0.2) is 36.8 Å². The molecular formula is C15H11ClIN5OS. The number of anilines is 3. The van der Waals surface area contributed by atoms with E-state index in [1.807, 2.05) is 19.1 Å². The number of hydrogen-bond donors (Lipinski definition) is 2. The molecule has 0 saturated carbocycles. The fourth-order valence-corrected chi connectivity index (χ4v) is 3.32. The molecule has 0 atom stereocenters. The molecule has 1 aromatic carbocycles. The Morgan fingerprint density at radius 3 is 2.88 bits per heavy atom. The van der Waals surface area contributed by atoms with E-state index in [-0.39, 0.29) is 5.91 Å². The molecule has 2 N–H and O–H groups in total. The highest BCUT2D eigenvalue weighted by Crippen LogP contribution is 2.27. The number of benzene rings is 1. The maximum absolute atomic E-state index is 12.4. The van der Waals surface area contributed by atoms with Gasteiger partial charge in [0.15, 0.2) is 5.13 Å². The number of halogens is 2. The first-order valence-electron chi connectivity index (χ1n) is 6.80. The minimum Gasteiger partial charge on any atom is -0.320 e. The first-order valence-corrected chi connectivity index (χ1v) is 9.07. The lowest BCUT2D eigenvalue weighted by Crippen LogP contribution is -2.11. The van der Waals surface area contributed by atoms with Crippen LogP contribution in [-0.2, 0) is 0 Å². The van der Waals surface area contributed by atoms with E-state index >= 15 is 0 Å². The normalized spacial score (nSPS) is 10.5. The number of rotatable bonds is 4. The third kappa shape index (κ3) is 4.00. The van der Waals surface area contributed by atoms with Crippen LogP contribution in [-0.4, -0.2) is 20.9 Å². The Balaban J connectivity index is 1.74. The predicted molar refractivity (Wildman–Crippen MR) is 104 cm³/mol. The van der Waals surface area contributed by atoms with Crippen LogP contribution in [0.1, 0.15) is 15.2 Å². The summed E-state index contributed by atoms with van der Waals surface area (Å²) < 4.78 is 0.814. The van der Waals surface area contributed by atoms with Gasteiger partial charge < -0.3 is 10.6 Å². The molecule has 0 aliphatic heterocycles. The van der Waals surface area contributed by atoms with E-state index in [4.69, 9.17) is 11.6 Å². The van der Waals surface area contributed by atoms with Crippen molar-refractivity contribution >= 4 is 68.1 Å². The molecule has 0 fully saturated rings. The van der Waals surface area contributed by atoms with E-state index in [1.165, 1.54) is 23.9 Å². The second-order valence-corrected chi connectivity index (χ2v) is 7.31. The topological polar surface area (TPSA) is 79.8 Å². The molecule has 0 spiro atoms. The number of carbonyl (C=O) groups excluding carboxylic acids is 1. The molecule has 3 aromatic rings. The third-order valence-corrected chi connectivity index (χ3v) is 4.88. The van der Waals surface area contributed by atoms with E-state index in [9.17, 15) is 4.79 Å². The molecule has 0 radical (unpaired) electrons. The monoisotopic (exact) mass is 471 g/mol. The fourth-order valence-electron chi connectivity index (χ4n) is 1.91. The molecule has 24 heavy (non-hydrogen) atoms. The van der Waals surface area contributed by atoms with Gasteiger partial charge in [-0.1, -0.05) is 35.1 Å². The predicted octanol–water partition coefficient (Wildman–Crippen LogP) is 4.50. The zero-order chi connectivity index (χ0) is 17.1. The summed E-state index contributed by atoms with van der Waals surface area (Å²) in [7, 11) is 0. The molecule has 3 rings (SSSR count). The lowest BCUT2D eigenvalue weighted by atomic mass is 10.2. The van der Waals surface area contributed by atoms with E-state index in [1.54, 1.807) is 12.1 Å². The van der Waals surface area contributed by atoms with Crippen LogP contribution >= 0.6 is 45.5 Å². The van der Waals surface area contributed by atoms with Crippen LogP contribution in [0.4, 0.5) is 16.6 Å². The van der Waals surface area contributed by atoms with Crippen LogP contribution in [0.25, 0.3) is 0 Å². The molecule has 122 valence electrons. The zero-order valence-corrected chi connectivity index (χ0v) is 16.1. The van der Waals surface area contributed by atoms with Gasteiger partial charge in [0, 0.05) is 6.07 Å². The number of nitrogens with zero attached hydrogens (tertiary/aromatic N) is 3. The van der Waals surface area contributed by atoms with Gasteiger partial charge in [-0.15, -0.1) is 0 Å². The van der Waals surface area contributed by atoms with Crippen LogP contribution < -0.4 is 10.6 Å². The van der Waals surface area contributed by atoms with E-state index in [0.29, 0.717) is 26.5 Å². The number of thiazole rings is 1. The van der Waals surface area contributed by atoms with Gasteiger partial charge in [0.25, 0.3) is 5.91 Å². The van der Waals surface area contributed by atoms with Crippen molar-refractivity contribution in [2.24, 2.45) is 0 Å². The minimum absolute atomic E-state index is 0.256. The van der Waals surface area contributed by atoms with Crippen LogP contribution in [0.2, 0.25) is 5.02 Å². The summed E-state index contributed by atoms with van der Waals surface area (Å²) in [5.41, 5.74) is 1.51. The maximum Gasteiger partial charge on any atom is 0.267 e. The van der Waals surface area contributed by atoms with Crippen molar-refractivity contribution in [3.63, 3.8) is 0 Å². The van der Waals surface area contributed by atoms with Crippen molar-refractivity contribution in [1.82, 2.24) is 15.0 Å². The molecule has 2 aromatic heterocycles. The minimum atomic E-state index is -0.256. The molecule has 6 nitrogen and oxygen atoms in total. The largest absolute Gasteiger partial charge is 0.320 e. The number of carbonyl (C=O) groups is 1. The van der Waals surface area contributed by atoms with Crippen LogP contribution in [0, 0.1) is 10.6 Å². The Morgan fingerprint density at radius 1 is 1.29 bits per heavy atom. The van der Waals surface area contributed by atoms with Gasteiger partial charge in [0.05, 0.1) is 16.9 Å². The van der Waals surface area contributed by atoms with Gasteiger partial charge in [0.2, 0.25) is 0 Å². The standard InChI is InChI=1S/C15H11ClIN5OS/c1-8-3-2-4-9(16)13(8)22-14(23)10-6-18-15(24-10)21-12-5-11(17)19-7-20-12/h2-7H,1H3,(H,22,23)(H,18,19,20,21). The highest BCUT2D eigenvalue weighted by atomic mass is 127. The second kappa shape index (κ2) is 7.41. The molecule has 2 heterocycles. The van der Waals surface area contributed by atoms with Gasteiger partial charge in [0.1, 0.15) is 20.7 Å². The van der Waals surface area contributed by atoms with Gasteiger partial charge in [-0.2, -0.15) is 0 Å². The highest BCUT2D eigenvalue weighted by Gasteiger charge is 2.14. The SMILES string of the molecule is Cc1cccc(Cl)c1NC(=O)c1cnc(Nc2cc(I)ncn2)s1. The molecular weight excluding hydrogens is 461 g/mol. The number of para-hydroxylation sites is 1. The van der Waals surface area contributed by atoms with Crippen molar-refractivity contribution in [3.8, 4) is 0 Å². The molecule has 0 aliphatic carbocycles. The van der Waals surface area contributed by atoms with Crippen molar-refractivity contribution in [3.05, 3.63) is 56.0 Å². The van der Waals surface area contributed by atoms with Crippen LogP contribution in [0.3, 0.4) is 0 Å². The second-order valence-electron chi connectivity index (χ2n) is 4.77. The summed E-state index contributed by atoms with van der Waals surface area (Å²) in [4.78, 5) is 25.2. The van der Waals surface area contributed by atoms with Gasteiger partial charge in [-0.05, 0) is 41.1 Å². The quantitative estimate of drug-likeness (QED) is 0.433. The van der Waals surface area contributed by atoms with Gasteiger partial charge in [-0.25, -0.2) is 15.0 Å². The number of amides is 1. The summed E-state index contributed by atoms with van der Waals surface area (Å²) >= 11 is 9.46. The number of aromatic nitrogens is 3. The Bertz CT molecular complexity index is 881. The van der Waals surface area contributed by atoms with E-state index in [2.05, 4.69) is 48.2 Å². The summed E-state index contributed by atoms with van der Waals surface area (Å²) in [6.07, 6.45) is 2.98. The zero-order valence-electron chi connectivity index (χ0n) is 12.4. The number of aryl methyl sites for hydroxylation is 1. The van der Waals surface area contributed by atoms with Gasteiger partial charge in [-0.3, -0.25) is 4.79 Å². The summed E-state index contributed by atoms with van der Waals surface area (Å²) in [6, 6.07) is 7.25. The number of nitrogens with one attached hydrogen (secondary N) is 2. The molecule has 0 saturated heterocycles. The molecule has 0 bridgehead atoms. The maximum atomic E-state index is 12.4. The Morgan fingerprint density at radius 2 is 2.12 bits per heavy atom. The summed E-state index contributed by atoms with van der Waals surface area (Å²) in [5, 5.41) is 6.95. The number of hydrogen-bond acceptors (Lipinski definition) is 6. The van der Waals surface area contributed by atoms with Crippen molar-refractivity contribution < 1.29 is 4.79 Å². The smallest absolute Gasteiger partial charge is 0.267 e. The lowest BCUT2D eigenvalue weighted by molar-refractivity contribution is 0.103. The van der Waals surface area contributed by atoms with Crippen molar-refractivity contribution in [2.45, 2.75) is 6.92 Å². The Labute approximate surface area is 160 Å². The van der Waals surface area contributed by atoms with Crippen molar-refractivity contribution in [1.29, 1.82) is 0 Å². The first kappa shape index (κ1) is 17.1. The average Bonchev–Trinajstić information content (AvgIpc) is 2.99. The fraction of sp³-hybridized carbons (Fsp3) is 0.0667. The molecule has 0 unspecified atom stereocenters.